The quantitative estimate of drug-likeness (QED) is 0.190. The van der Waals surface area contributed by atoms with Crippen LogP contribution < -0.4 is 59.1 Å². The van der Waals surface area contributed by atoms with Gasteiger partial charge in [0.1, 0.15) is 25.9 Å². The predicted octanol–water partition coefficient (Wildman–Crippen LogP) is -1.78. The topological polar surface area (TPSA) is 139 Å². The summed E-state index contributed by atoms with van der Waals surface area (Å²) < 4.78 is 69.0. The van der Waals surface area contributed by atoms with E-state index in [9.17, 15) is 25.9 Å². The first-order valence-corrected chi connectivity index (χ1v) is 11.3. The van der Waals surface area contributed by atoms with E-state index < -0.39 is 30.0 Å². The third kappa shape index (κ3) is 5.84. The Bertz CT molecular complexity index is 1550. The Morgan fingerprint density at radius 3 is 1.94 bits per heavy atom. The molecule has 0 aliphatic carbocycles. The van der Waals surface area contributed by atoms with E-state index in [4.69, 9.17) is 0 Å². The van der Waals surface area contributed by atoms with Crippen molar-refractivity contribution in [2.45, 2.75) is 9.79 Å². The van der Waals surface area contributed by atoms with Gasteiger partial charge in [0.25, 0.3) is 0 Å². The van der Waals surface area contributed by atoms with E-state index in [0.717, 1.165) is 29.0 Å². The van der Waals surface area contributed by atoms with Gasteiger partial charge in [-0.15, -0.1) is 10.2 Å². The molecule has 0 atom stereocenters. The average Bonchev–Trinajstić information content (AvgIpc) is 2.69. The second-order valence-corrected chi connectivity index (χ2v) is 9.16. The number of rotatable bonds is 4. The maximum Gasteiger partial charge on any atom is 1.00 e. The molecule has 8 nitrogen and oxygen atoms in total. The van der Waals surface area contributed by atoms with E-state index in [1.165, 1.54) is 12.1 Å². The normalized spacial score (nSPS) is 11.9. The van der Waals surface area contributed by atoms with E-state index in [1.54, 1.807) is 12.1 Å². The molecule has 0 saturated carbocycles. The Hall–Kier alpha value is -1.18. The van der Waals surface area contributed by atoms with Gasteiger partial charge in [0, 0.05) is 5.39 Å². The molecule has 4 aromatic carbocycles. The van der Waals surface area contributed by atoms with Crippen molar-refractivity contribution in [2.24, 2.45) is 10.2 Å². The van der Waals surface area contributed by atoms with Gasteiger partial charge in [0.05, 0.1) is 15.5 Å². The fourth-order valence-corrected chi connectivity index (χ4v) is 4.21. The average molecular weight is 486 g/mol. The molecule has 0 bridgehead atoms. The monoisotopic (exact) mass is 486 g/mol. The van der Waals surface area contributed by atoms with Gasteiger partial charge >= 0.3 is 59.1 Å². The molecular weight excluding hydrogens is 474 g/mol. The molecule has 12 heteroatoms. The maximum atomic E-state index is 11.8. The zero-order valence-electron chi connectivity index (χ0n) is 17.1. The van der Waals surface area contributed by atoms with E-state index in [0.29, 0.717) is 11.1 Å². The van der Waals surface area contributed by atoms with Crippen LogP contribution in [0.2, 0.25) is 0 Å². The van der Waals surface area contributed by atoms with Crippen molar-refractivity contribution in [3.8, 4) is 0 Å². The summed E-state index contributed by atoms with van der Waals surface area (Å²) in [5.74, 6) is 0. The molecule has 4 rings (SSSR count). The number of hydrogen-bond acceptors (Lipinski definition) is 8. The van der Waals surface area contributed by atoms with Gasteiger partial charge in [-0.25, -0.2) is 16.8 Å². The Balaban J connectivity index is 0.00000181. The predicted molar refractivity (Wildman–Crippen MR) is 108 cm³/mol. The fourth-order valence-electron chi connectivity index (χ4n) is 3.08. The summed E-state index contributed by atoms with van der Waals surface area (Å²) in [4.78, 5) is -1.20. The molecule has 0 aliphatic heterocycles. The SMILES string of the molecule is O=S(=O)([O-])c1ccc2cc(N=Nc3cccc4ccccc34)c(S(=O)(=O)[O-])cc2c1.[Na+].[Na+]. The molecule has 0 N–H and O–H groups in total. The molecule has 0 heterocycles. The minimum absolute atomic E-state index is 0. The fraction of sp³-hybridized carbons (Fsp3) is 0. The van der Waals surface area contributed by atoms with Gasteiger partial charge < -0.3 is 9.11 Å². The minimum Gasteiger partial charge on any atom is -0.744 e. The van der Waals surface area contributed by atoms with Crippen molar-refractivity contribution < 1.29 is 85.1 Å². The van der Waals surface area contributed by atoms with Crippen LogP contribution in [0.15, 0.2) is 92.8 Å². The summed E-state index contributed by atoms with van der Waals surface area (Å²) >= 11 is 0. The number of azo groups is 1. The number of hydrogen-bond donors (Lipinski definition) is 0. The van der Waals surface area contributed by atoms with Crippen LogP contribution in [0.1, 0.15) is 0 Å². The van der Waals surface area contributed by atoms with Gasteiger partial charge in [0.2, 0.25) is 0 Å². The van der Waals surface area contributed by atoms with Gasteiger partial charge in [-0.2, -0.15) is 0 Å². The molecule has 0 radical (unpaired) electrons. The van der Waals surface area contributed by atoms with Gasteiger partial charge in [-0.1, -0.05) is 42.5 Å². The van der Waals surface area contributed by atoms with Gasteiger partial charge in [-0.05, 0) is 46.5 Å². The second-order valence-electron chi connectivity index (χ2n) is 6.44. The molecule has 152 valence electrons. The van der Waals surface area contributed by atoms with Crippen LogP contribution in [0.5, 0.6) is 0 Å². The standard InChI is InChI=1S/C20H14N2O6S2.2Na/c23-29(24,25)16-9-8-14-11-19(20(30(26,27)28)12-15(14)10-16)22-21-18-7-3-5-13-4-1-2-6-17(13)18;;/h1-12H,(H,23,24,25)(H,26,27,28);;/q;2*+1/p-2. The Morgan fingerprint density at radius 2 is 1.25 bits per heavy atom. The Kier molecular flexibility index (Phi) is 8.79. The summed E-state index contributed by atoms with van der Waals surface area (Å²) in [5.41, 5.74) is 0.290. The van der Waals surface area contributed by atoms with Crippen LogP contribution in [-0.2, 0) is 20.2 Å². The largest absolute Gasteiger partial charge is 1.00 e. The molecule has 0 saturated heterocycles. The molecule has 0 aliphatic rings. The van der Waals surface area contributed by atoms with E-state index >= 15 is 0 Å². The third-order valence-electron chi connectivity index (χ3n) is 4.48. The molecule has 0 unspecified atom stereocenters. The smallest absolute Gasteiger partial charge is 0.744 e. The van der Waals surface area contributed by atoms with Gasteiger partial charge in [-0.3, -0.25) is 0 Å². The summed E-state index contributed by atoms with van der Waals surface area (Å²) in [7, 11) is -9.69. The number of fused-ring (bicyclic) bond motifs is 2. The molecule has 0 spiro atoms. The maximum absolute atomic E-state index is 11.8. The van der Waals surface area contributed by atoms with E-state index in [1.807, 2.05) is 30.3 Å². The van der Waals surface area contributed by atoms with Crippen molar-refractivity contribution in [3.05, 3.63) is 72.8 Å². The van der Waals surface area contributed by atoms with Crippen molar-refractivity contribution in [3.63, 3.8) is 0 Å². The van der Waals surface area contributed by atoms with Crippen molar-refractivity contribution >= 4 is 53.2 Å². The summed E-state index contributed by atoms with van der Waals surface area (Å²) in [6, 6.07) is 18.5. The van der Waals surface area contributed by atoms with Crippen molar-refractivity contribution in [1.29, 1.82) is 0 Å². The third-order valence-corrected chi connectivity index (χ3v) is 6.18. The molecule has 4 aromatic rings. The zero-order valence-corrected chi connectivity index (χ0v) is 22.7. The van der Waals surface area contributed by atoms with E-state index in [-0.39, 0.29) is 70.2 Å². The number of nitrogens with zero attached hydrogens (tertiary/aromatic N) is 2. The molecule has 0 fully saturated rings. The Morgan fingerprint density at radius 1 is 0.594 bits per heavy atom. The van der Waals surface area contributed by atoms with Crippen LogP contribution in [0, 0.1) is 0 Å². The first-order chi connectivity index (χ1) is 14.1. The number of benzene rings is 4. The zero-order chi connectivity index (χ0) is 21.5. The van der Waals surface area contributed by atoms with Crippen molar-refractivity contribution in [2.75, 3.05) is 0 Å². The summed E-state index contributed by atoms with van der Waals surface area (Å²) in [5, 5.41) is 10.3. The van der Waals surface area contributed by atoms with Crippen LogP contribution in [-0.4, -0.2) is 25.9 Å². The van der Waals surface area contributed by atoms with Gasteiger partial charge in [0.15, 0.2) is 0 Å². The van der Waals surface area contributed by atoms with Crippen molar-refractivity contribution in [1.82, 2.24) is 0 Å². The molecule has 32 heavy (non-hydrogen) atoms. The van der Waals surface area contributed by atoms with Crippen LogP contribution in [0.3, 0.4) is 0 Å². The van der Waals surface area contributed by atoms with E-state index in [2.05, 4.69) is 10.2 Å². The van der Waals surface area contributed by atoms with Crippen LogP contribution >= 0.6 is 0 Å². The first kappa shape index (κ1) is 27.1. The molecular formula is C20H12N2Na2O6S2. The second kappa shape index (κ2) is 10.4. The summed E-state index contributed by atoms with van der Waals surface area (Å²) in [6.07, 6.45) is 0. The molecule has 0 aromatic heterocycles. The summed E-state index contributed by atoms with van der Waals surface area (Å²) in [6.45, 7) is 0. The van der Waals surface area contributed by atoms with Crippen LogP contribution in [0.4, 0.5) is 11.4 Å². The first-order valence-electron chi connectivity index (χ1n) is 8.52. The molecule has 0 amide bonds. The minimum atomic E-state index is -4.95. The van der Waals surface area contributed by atoms with Crippen LogP contribution in [0.25, 0.3) is 21.5 Å². The Labute approximate surface area is 228 Å².